The molecule has 1 N–H and O–H groups in total. The summed E-state index contributed by atoms with van der Waals surface area (Å²) in [4.78, 5) is 2.48. The molecule has 0 unspecified atom stereocenters. The Morgan fingerprint density at radius 3 is 3.12 bits per heavy atom. The van der Waals surface area contributed by atoms with E-state index in [4.69, 9.17) is 9.47 Å². The largest absolute Gasteiger partial charge is 0.493 e. The Kier molecular flexibility index (Phi) is 3.89. The van der Waals surface area contributed by atoms with E-state index in [1.165, 1.54) is 11.1 Å². The SMILES string of the molecule is C/C=C/CN1CC[C@@]23C=C[C@@H](O)C[C@@H]2Oc2c(OC)ccc(c23)C1. The van der Waals surface area contributed by atoms with Gasteiger partial charge in [-0.1, -0.05) is 30.4 Å². The van der Waals surface area contributed by atoms with Crippen LogP contribution in [0.1, 0.15) is 30.9 Å². The van der Waals surface area contributed by atoms with Crippen molar-refractivity contribution in [2.24, 2.45) is 0 Å². The van der Waals surface area contributed by atoms with Gasteiger partial charge in [-0.2, -0.15) is 0 Å². The standard InChI is InChI=1S/C20H25NO3/c1-3-4-10-21-11-9-20-8-7-15(22)12-17(20)24-19-16(23-2)6-5-14(13-21)18(19)20/h3-8,15,17,22H,9-13H2,1-2H3/b4-3+/t15-,17+,20+/m1/s1. The Morgan fingerprint density at radius 2 is 2.33 bits per heavy atom. The Labute approximate surface area is 143 Å². The molecule has 2 heterocycles. The number of ether oxygens (including phenoxy) is 2. The minimum absolute atomic E-state index is 0.00998. The zero-order valence-electron chi connectivity index (χ0n) is 14.4. The number of benzene rings is 1. The Bertz CT molecular complexity index is 696. The lowest BCUT2D eigenvalue weighted by molar-refractivity contribution is 0.0816. The summed E-state index contributed by atoms with van der Waals surface area (Å²) in [6, 6.07) is 4.19. The van der Waals surface area contributed by atoms with Gasteiger partial charge in [0.2, 0.25) is 0 Å². The lowest BCUT2D eigenvalue weighted by Crippen LogP contribution is -2.43. The highest BCUT2D eigenvalue weighted by Gasteiger charge is 2.52. The molecule has 4 nitrogen and oxygen atoms in total. The van der Waals surface area contributed by atoms with Crippen LogP contribution < -0.4 is 9.47 Å². The summed E-state index contributed by atoms with van der Waals surface area (Å²) in [5, 5.41) is 10.1. The van der Waals surface area contributed by atoms with Gasteiger partial charge in [0.1, 0.15) is 6.10 Å². The fourth-order valence-electron chi connectivity index (χ4n) is 4.40. The molecule has 0 amide bonds. The van der Waals surface area contributed by atoms with E-state index in [-0.39, 0.29) is 11.5 Å². The topological polar surface area (TPSA) is 41.9 Å². The molecule has 1 aromatic rings. The predicted molar refractivity (Wildman–Crippen MR) is 93.6 cm³/mol. The van der Waals surface area contributed by atoms with Crippen LogP contribution in [0.4, 0.5) is 0 Å². The highest BCUT2D eigenvalue weighted by Crippen LogP contribution is 2.55. The Hall–Kier alpha value is -1.78. The maximum atomic E-state index is 10.1. The summed E-state index contributed by atoms with van der Waals surface area (Å²) in [5.74, 6) is 1.68. The molecular formula is C20H25NO3. The average Bonchev–Trinajstić information content (AvgIpc) is 2.83. The van der Waals surface area contributed by atoms with E-state index in [1.807, 2.05) is 12.1 Å². The van der Waals surface area contributed by atoms with Gasteiger partial charge < -0.3 is 14.6 Å². The number of allylic oxidation sites excluding steroid dienone is 1. The van der Waals surface area contributed by atoms with Crippen molar-refractivity contribution in [2.75, 3.05) is 20.2 Å². The van der Waals surface area contributed by atoms with E-state index in [1.54, 1.807) is 7.11 Å². The molecule has 24 heavy (non-hydrogen) atoms. The van der Waals surface area contributed by atoms with Crippen molar-refractivity contribution in [3.05, 3.63) is 47.6 Å². The highest BCUT2D eigenvalue weighted by molar-refractivity contribution is 5.61. The van der Waals surface area contributed by atoms with Gasteiger partial charge >= 0.3 is 0 Å². The molecule has 0 aromatic heterocycles. The molecule has 3 aliphatic rings. The molecule has 0 bridgehead atoms. The van der Waals surface area contributed by atoms with Gasteiger partial charge in [0.25, 0.3) is 0 Å². The van der Waals surface area contributed by atoms with Gasteiger partial charge in [0.15, 0.2) is 11.5 Å². The van der Waals surface area contributed by atoms with Gasteiger partial charge in [-0.05, 0) is 25.0 Å². The molecular weight excluding hydrogens is 302 g/mol. The molecule has 0 saturated carbocycles. The first-order valence-corrected chi connectivity index (χ1v) is 8.76. The molecule has 3 atom stereocenters. The third kappa shape index (κ3) is 2.28. The van der Waals surface area contributed by atoms with Crippen molar-refractivity contribution >= 4 is 0 Å². The third-order valence-corrected chi connectivity index (χ3v) is 5.63. The maximum absolute atomic E-state index is 10.1. The second-order valence-electron chi connectivity index (χ2n) is 6.99. The van der Waals surface area contributed by atoms with Crippen LogP contribution in [-0.4, -0.2) is 42.4 Å². The van der Waals surface area contributed by atoms with Crippen LogP contribution in [0.25, 0.3) is 0 Å². The van der Waals surface area contributed by atoms with Crippen molar-refractivity contribution in [3.63, 3.8) is 0 Å². The van der Waals surface area contributed by atoms with Gasteiger partial charge in [0, 0.05) is 31.6 Å². The molecule has 1 aromatic carbocycles. The summed E-state index contributed by atoms with van der Waals surface area (Å²) in [7, 11) is 1.69. The van der Waals surface area contributed by atoms with E-state index in [9.17, 15) is 5.11 Å². The number of hydrogen-bond acceptors (Lipinski definition) is 4. The summed E-state index contributed by atoms with van der Waals surface area (Å²) in [6.07, 6.45) is 9.67. The first-order valence-electron chi connectivity index (χ1n) is 8.76. The summed E-state index contributed by atoms with van der Waals surface area (Å²) < 4.78 is 11.9. The van der Waals surface area contributed by atoms with Crippen LogP contribution in [-0.2, 0) is 12.0 Å². The number of aliphatic hydroxyl groups excluding tert-OH is 1. The van der Waals surface area contributed by atoms with Gasteiger partial charge in [0.05, 0.1) is 18.6 Å². The van der Waals surface area contributed by atoms with Gasteiger partial charge in [-0.3, -0.25) is 4.90 Å². The average molecular weight is 327 g/mol. The predicted octanol–water partition coefficient (Wildman–Crippen LogP) is 2.80. The van der Waals surface area contributed by atoms with Crippen LogP contribution in [0.3, 0.4) is 0 Å². The number of aliphatic hydroxyl groups is 1. The van der Waals surface area contributed by atoms with E-state index in [0.29, 0.717) is 6.42 Å². The zero-order chi connectivity index (χ0) is 16.7. The van der Waals surface area contributed by atoms with Gasteiger partial charge in [-0.25, -0.2) is 0 Å². The van der Waals surface area contributed by atoms with E-state index < -0.39 is 6.10 Å². The fourth-order valence-corrected chi connectivity index (χ4v) is 4.40. The Morgan fingerprint density at radius 1 is 1.46 bits per heavy atom. The highest BCUT2D eigenvalue weighted by atomic mass is 16.5. The monoisotopic (exact) mass is 327 g/mol. The Balaban J connectivity index is 1.83. The lowest BCUT2D eigenvalue weighted by Gasteiger charge is -2.35. The molecule has 0 radical (unpaired) electrons. The van der Waals surface area contributed by atoms with Crippen molar-refractivity contribution in [2.45, 2.75) is 43.9 Å². The second-order valence-corrected chi connectivity index (χ2v) is 6.99. The van der Waals surface area contributed by atoms with E-state index in [0.717, 1.165) is 37.6 Å². The van der Waals surface area contributed by atoms with Gasteiger partial charge in [-0.15, -0.1) is 0 Å². The fraction of sp³-hybridized carbons (Fsp3) is 0.500. The summed E-state index contributed by atoms with van der Waals surface area (Å²) >= 11 is 0. The first-order chi connectivity index (χ1) is 11.7. The van der Waals surface area contributed by atoms with Crippen molar-refractivity contribution in [1.29, 1.82) is 0 Å². The molecule has 0 saturated heterocycles. The molecule has 4 rings (SSSR count). The third-order valence-electron chi connectivity index (χ3n) is 5.63. The lowest BCUT2D eigenvalue weighted by atomic mass is 9.69. The van der Waals surface area contributed by atoms with Crippen LogP contribution in [0.15, 0.2) is 36.4 Å². The smallest absolute Gasteiger partial charge is 0.166 e. The van der Waals surface area contributed by atoms with Crippen LogP contribution >= 0.6 is 0 Å². The number of nitrogens with zero attached hydrogens (tertiary/aromatic N) is 1. The minimum atomic E-state index is -0.424. The van der Waals surface area contributed by atoms with Crippen LogP contribution in [0, 0.1) is 0 Å². The molecule has 4 heteroatoms. The van der Waals surface area contributed by atoms with Crippen molar-refractivity contribution < 1.29 is 14.6 Å². The summed E-state index contributed by atoms with van der Waals surface area (Å²) in [6.45, 7) is 4.96. The minimum Gasteiger partial charge on any atom is -0.493 e. The summed E-state index contributed by atoms with van der Waals surface area (Å²) in [5.41, 5.74) is 2.46. The second kappa shape index (κ2) is 5.94. The van der Waals surface area contributed by atoms with Crippen LogP contribution in [0.5, 0.6) is 11.5 Å². The number of rotatable bonds is 3. The van der Waals surface area contributed by atoms with Crippen molar-refractivity contribution in [1.82, 2.24) is 4.90 Å². The zero-order valence-corrected chi connectivity index (χ0v) is 14.4. The number of methoxy groups -OCH3 is 1. The molecule has 2 aliphatic heterocycles. The molecule has 128 valence electrons. The van der Waals surface area contributed by atoms with Crippen molar-refractivity contribution in [3.8, 4) is 11.5 Å². The number of hydrogen-bond donors (Lipinski definition) is 1. The molecule has 1 aliphatic carbocycles. The molecule has 0 fully saturated rings. The van der Waals surface area contributed by atoms with E-state index in [2.05, 4.69) is 36.1 Å². The molecule has 1 spiro atoms. The first kappa shape index (κ1) is 15.7. The maximum Gasteiger partial charge on any atom is 0.166 e. The van der Waals surface area contributed by atoms with Crippen LogP contribution in [0.2, 0.25) is 0 Å². The van der Waals surface area contributed by atoms with E-state index >= 15 is 0 Å². The quantitative estimate of drug-likeness (QED) is 0.867. The normalized spacial score (nSPS) is 31.5.